The molecule has 1 aliphatic carbocycles. The summed E-state index contributed by atoms with van der Waals surface area (Å²) in [6.45, 7) is 2.87. The Hall–Kier alpha value is -1.54. The second-order valence-electron chi connectivity index (χ2n) is 8.37. The van der Waals surface area contributed by atoms with Crippen molar-refractivity contribution in [1.82, 2.24) is 15.2 Å². The van der Waals surface area contributed by atoms with E-state index in [4.69, 9.17) is 9.47 Å². The maximum atomic E-state index is 12.2. The molecule has 7 heteroatoms. The maximum Gasteiger partial charge on any atom is 0.222 e. The van der Waals surface area contributed by atoms with Crippen molar-refractivity contribution in [3.8, 4) is 0 Å². The number of carbonyl (C=O) groups excluding carboxylic acids is 1. The van der Waals surface area contributed by atoms with Crippen LogP contribution in [0.3, 0.4) is 0 Å². The van der Waals surface area contributed by atoms with E-state index in [2.05, 4.69) is 15.2 Å². The Kier molecular flexibility index (Phi) is 6.57. The van der Waals surface area contributed by atoms with Crippen LogP contribution in [0.25, 0.3) is 0 Å². The largest absolute Gasteiger partial charge is 0.389 e. The zero-order chi connectivity index (χ0) is 19.3. The fraction of sp³-hybridized carbons (Fsp3) is 0.714. The van der Waals surface area contributed by atoms with E-state index in [1.165, 1.54) is 18.4 Å². The molecule has 3 aliphatic rings. The first kappa shape index (κ1) is 19.8. The van der Waals surface area contributed by atoms with Crippen LogP contribution >= 0.6 is 0 Å². The van der Waals surface area contributed by atoms with Crippen LogP contribution in [0.2, 0.25) is 0 Å². The van der Waals surface area contributed by atoms with Crippen LogP contribution in [0, 0.1) is 5.92 Å². The molecule has 2 N–H and O–H groups in total. The first-order valence-electron chi connectivity index (χ1n) is 10.5. The van der Waals surface area contributed by atoms with E-state index < -0.39 is 6.10 Å². The molecule has 0 aromatic carbocycles. The molecule has 4 atom stereocenters. The maximum absolute atomic E-state index is 12.2. The second kappa shape index (κ2) is 9.31. The van der Waals surface area contributed by atoms with Gasteiger partial charge in [-0.1, -0.05) is 0 Å². The fourth-order valence-corrected chi connectivity index (χ4v) is 4.21. The van der Waals surface area contributed by atoms with Gasteiger partial charge in [0.25, 0.3) is 0 Å². The molecular weight excluding hydrogens is 358 g/mol. The van der Waals surface area contributed by atoms with E-state index in [1.54, 1.807) is 12.4 Å². The van der Waals surface area contributed by atoms with Crippen molar-refractivity contribution in [3.05, 3.63) is 30.1 Å². The first-order valence-corrected chi connectivity index (χ1v) is 10.5. The number of aromatic nitrogens is 1. The minimum atomic E-state index is -0.506. The summed E-state index contributed by atoms with van der Waals surface area (Å²) in [5.74, 6) is 0.777. The standard InChI is InChI=1S/C21H31N3O4/c25-17-12-24(11-16-5-7-22-8-6-16)19-4-3-18(28-20(19)14-27-13-17)9-21(26)23-10-15-1-2-15/h5-8,15,17-20,25H,1-4,9-14H2,(H,23,26)/t17-,18+,19+,20-/m0/s1. The van der Waals surface area contributed by atoms with Gasteiger partial charge in [-0.15, -0.1) is 0 Å². The molecule has 28 heavy (non-hydrogen) atoms. The van der Waals surface area contributed by atoms with Crippen LogP contribution in [-0.4, -0.2) is 71.6 Å². The van der Waals surface area contributed by atoms with Crippen LogP contribution in [0.5, 0.6) is 0 Å². The van der Waals surface area contributed by atoms with Gasteiger partial charge in [0, 0.05) is 38.1 Å². The van der Waals surface area contributed by atoms with E-state index in [0.717, 1.165) is 25.9 Å². The van der Waals surface area contributed by atoms with E-state index >= 15 is 0 Å². The van der Waals surface area contributed by atoms with Crippen LogP contribution in [0.1, 0.15) is 37.7 Å². The molecular formula is C21H31N3O4. The Bertz CT molecular complexity index is 640. The van der Waals surface area contributed by atoms with Crippen molar-refractivity contribution in [2.45, 2.75) is 63.0 Å². The summed E-state index contributed by atoms with van der Waals surface area (Å²) in [5, 5.41) is 13.3. The predicted molar refractivity (Wildman–Crippen MR) is 104 cm³/mol. The van der Waals surface area contributed by atoms with Gasteiger partial charge in [0.2, 0.25) is 5.91 Å². The van der Waals surface area contributed by atoms with Crippen molar-refractivity contribution < 1.29 is 19.4 Å². The van der Waals surface area contributed by atoms with Crippen molar-refractivity contribution in [3.63, 3.8) is 0 Å². The zero-order valence-corrected chi connectivity index (χ0v) is 16.3. The average molecular weight is 389 g/mol. The number of fused-ring (bicyclic) bond motifs is 1. The molecule has 1 aromatic rings. The van der Waals surface area contributed by atoms with Gasteiger partial charge < -0.3 is 19.9 Å². The fourth-order valence-electron chi connectivity index (χ4n) is 4.21. The molecule has 4 rings (SSSR count). The highest BCUT2D eigenvalue weighted by atomic mass is 16.5. The minimum absolute atomic E-state index is 0.0591. The van der Waals surface area contributed by atoms with Crippen LogP contribution in [0.4, 0.5) is 0 Å². The number of hydrogen-bond donors (Lipinski definition) is 2. The van der Waals surface area contributed by atoms with Crippen molar-refractivity contribution in [1.29, 1.82) is 0 Å². The Morgan fingerprint density at radius 2 is 2.04 bits per heavy atom. The van der Waals surface area contributed by atoms with E-state index in [0.29, 0.717) is 32.1 Å². The molecule has 1 aromatic heterocycles. The average Bonchev–Trinajstić information content (AvgIpc) is 3.50. The molecule has 1 amide bonds. The number of pyridine rings is 1. The summed E-state index contributed by atoms with van der Waals surface area (Å²) in [7, 11) is 0. The van der Waals surface area contributed by atoms with E-state index in [9.17, 15) is 9.90 Å². The Morgan fingerprint density at radius 3 is 2.82 bits per heavy atom. The Balaban J connectivity index is 1.36. The van der Waals surface area contributed by atoms with Crippen molar-refractivity contribution >= 4 is 5.91 Å². The highest BCUT2D eigenvalue weighted by molar-refractivity contribution is 5.76. The third-order valence-corrected chi connectivity index (χ3v) is 5.92. The highest BCUT2D eigenvalue weighted by Gasteiger charge is 2.38. The van der Waals surface area contributed by atoms with Crippen LogP contribution in [0.15, 0.2) is 24.5 Å². The number of aliphatic hydroxyl groups is 1. The third kappa shape index (κ3) is 5.50. The van der Waals surface area contributed by atoms with Crippen molar-refractivity contribution in [2.24, 2.45) is 5.92 Å². The second-order valence-corrected chi connectivity index (χ2v) is 8.37. The number of nitrogens with one attached hydrogen (secondary N) is 1. The number of nitrogens with zero attached hydrogens (tertiary/aromatic N) is 2. The molecule has 3 fully saturated rings. The van der Waals surface area contributed by atoms with Gasteiger partial charge in [-0.2, -0.15) is 0 Å². The van der Waals surface area contributed by atoms with E-state index in [1.807, 2.05) is 12.1 Å². The normalized spacial score (nSPS) is 31.5. The molecule has 3 heterocycles. The van der Waals surface area contributed by atoms with Crippen LogP contribution < -0.4 is 5.32 Å². The van der Waals surface area contributed by atoms with Gasteiger partial charge in [0.15, 0.2) is 0 Å². The molecule has 2 saturated heterocycles. The van der Waals surface area contributed by atoms with Gasteiger partial charge in [0.1, 0.15) is 0 Å². The summed E-state index contributed by atoms with van der Waals surface area (Å²) in [5.41, 5.74) is 1.17. The molecule has 0 bridgehead atoms. The summed E-state index contributed by atoms with van der Waals surface area (Å²) < 4.78 is 12.0. The lowest BCUT2D eigenvalue weighted by atomic mass is 9.94. The SMILES string of the molecule is O=C(C[C@H]1CC[C@@H]2[C@H](COC[C@@H](O)CN2Cc2ccncc2)O1)NCC1CC1. The lowest BCUT2D eigenvalue weighted by Crippen LogP contribution is -2.55. The number of ether oxygens (including phenoxy) is 2. The highest BCUT2D eigenvalue weighted by Crippen LogP contribution is 2.29. The molecule has 7 nitrogen and oxygen atoms in total. The van der Waals surface area contributed by atoms with Gasteiger partial charge >= 0.3 is 0 Å². The monoisotopic (exact) mass is 389 g/mol. The number of hydrogen-bond acceptors (Lipinski definition) is 6. The number of amides is 1. The quantitative estimate of drug-likeness (QED) is 0.758. The topological polar surface area (TPSA) is 83.9 Å². The molecule has 0 unspecified atom stereocenters. The number of rotatable bonds is 6. The lowest BCUT2D eigenvalue weighted by molar-refractivity contribution is -0.158. The van der Waals surface area contributed by atoms with Gasteiger partial charge in [-0.05, 0) is 49.3 Å². The minimum Gasteiger partial charge on any atom is -0.389 e. The number of β-amino-alcohol motifs (C(OH)–C–C–N with tert-alkyl or cyclic N) is 1. The molecule has 1 saturated carbocycles. The van der Waals surface area contributed by atoms with E-state index in [-0.39, 0.29) is 24.2 Å². The first-order chi connectivity index (χ1) is 13.7. The molecule has 0 radical (unpaired) electrons. The zero-order valence-electron chi connectivity index (χ0n) is 16.3. The lowest BCUT2D eigenvalue weighted by Gasteiger charge is -2.44. The smallest absolute Gasteiger partial charge is 0.222 e. The van der Waals surface area contributed by atoms with Gasteiger partial charge in [-0.25, -0.2) is 0 Å². The van der Waals surface area contributed by atoms with Crippen molar-refractivity contribution in [2.75, 3.05) is 26.3 Å². The molecule has 2 aliphatic heterocycles. The van der Waals surface area contributed by atoms with Crippen LogP contribution in [-0.2, 0) is 20.8 Å². The summed E-state index contributed by atoms with van der Waals surface area (Å²) in [6.07, 6.45) is 7.62. The predicted octanol–water partition coefficient (Wildman–Crippen LogP) is 1.11. The number of carbonyl (C=O) groups is 1. The molecule has 0 spiro atoms. The summed E-state index contributed by atoms with van der Waals surface area (Å²) in [6, 6.07) is 4.19. The molecule has 154 valence electrons. The Labute approximate surface area is 166 Å². The Morgan fingerprint density at radius 1 is 1.21 bits per heavy atom. The number of aliphatic hydroxyl groups excluding tert-OH is 1. The third-order valence-electron chi connectivity index (χ3n) is 5.92. The van der Waals surface area contributed by atoms with Gasteiger partial charge in [0.05, 0.1) is 37.9 Å². The summed E-state index contributed by atoms with van der Waals surface area (Å²) >= 11 is 0. The van der Waals surface area contributed by atoms with Gasteiger partial charge in [-0.3, -0.25) is 14.7 Å². The summed E-state index contributed by atoms with van der Waals surface area (Å²) in [4.78, 5) is 18.6.